The van der Waals surface area contributed by atoms with Gasteiger partial charge >= 0.3 is 0 Å². The lowest BCUT2D eigenvalue weighted by Gasteiger charge is -2.34. The average Bonchev–Trinajstić information content (AvgIpc) is 2.74. The first-order chi connectivity index (χ1) is 14.0. The number of piperazine rings is 1. The highest BCUT2D eigenvalue weighted by Crippen LogP contribution is 2.23. The van der Waals surface area contributed by atoms with Crippen LogP contribution in [0.1, 0.15) is 16.1 Å². The SMILES string of the molecule is COc1ccc2nc(C)c(C(=O)Nc3ccc(N4CCN(C)CC4)cc3)cc2c1. The number of ether oxygens (including phenoxy) is 1. The van der Waals surface area contributed by atoms with Gasteiger partial charge in [0.2, 0.25) is 0 Å². The minimum Gasteiger partial charge on any atom is -0.497 e. The lowest BCUT2D eigenvalue weighted by molar-refractivity contribution is 0.102. The Hall–Kier alpha value is -3.12. The van der Waals surface area contributed by atoms with Crippen molar-refractivity contribution in [3.8, 4) is 5.75 Å². The highest BCUT2D eigenvalue weighted by atomic mass is 16.5. The fourth-order valence-corrected chi connectivity index (χ4v) is 3.63. The molecule has 29 heavy (non-hydrogen) atoms. The normalized spacial score (nSPS) is 14.8. The number of methoxy groups -OCH3 is 1. The standard InChI is InChI=1S/C23H26N4O2/c1-16-21(15-17-14-20(29-3)8-9-22(17)24-16)23(28)25-18-4-6-19(7-5-18)27-12-10-26(2)11-13-27/h4-9,14-15H,10-13H2,1-3H3,(H,25,28). The number of aryl methyl sites for hydroxylation is 1. The maximum Gasteiger partial charge on any atom is 0.257 e. The molecule has 1 fully saturated rings. The molecule has 1 aliphatic rings. The Bertz CT molecular complexity index is 1020. The Labute approximate surface area is 171 Å². The van der Waals surface area contributed by atoms with Crippen LogP contribution in [0.4, 0.5) is 11.4 Å². The number of amides is 1. The molecule has 0 radical (unpaired) electrons. The highest BCUT2D eigenvalue weighted by Gasteiger charge is 2.15. The zero-order valence-electron chi connectivity index (χ0n) is 17.1. The number of carbonyl (C=O) groups excluding carboxylic acids is 1. The van der Waals surface area contributed by atoms with Gasteiger partial charge < -0.3 is 19.9 Å². The van der Waals surface area contributed by atoms with Crippen LogP contribution in [0.25, 0.3) is 10.9 Å². The third kappa shape index (κ3) is 4.17. The molecule has 6 heteroatoms. The van der Waals surface area contributed by atoms with E-state index in [-0.39, 0.29) is 5.91 Å². The molecule has 0 aliphatic carbocycles. The molecular formula is C23H26N4O2. The topological polar surface area (TPSA) is 57.7 Å². The summed E-state index contributed by atoms with van der Waals surface area (Å²) in [7, 11) is 3.78. The van der Waals surface area contributed by atoms with Crippen molar-refractivity contribution in [3.05, 3.63) is 59.8 Å². The van der Waals surface area contributed by atoms with Gasteiger partial charge in [0, 0.05) is 42.9 Å². The number of aromatic nitrogens is 1. The monoisotopic (exact) mass is 390 g/mol. The van der Waals surface area contributed by atoms with Crippen molar-refractivity contribution in [2.75, 3.05) is 50.6 Å². The molecular weight excluding hydrogens is 364 g/mol. The smallest absolute Gasteiger partial charge is 0.257 e. The van der Waals surface area contributed by atoms with Gasteiger partial charge in [-0.3, -0.25) is 9.78 Å². The van der Waals surface area contributed by atoms with Crippen molar-refractivity contribution in [2.24, 2.45) is 0 Å². The summed E-state index contributed by atoms with van der Waals surface area (Å²) >= 11 is 0. The minimum atomic E-state index is -0.160. The van der Waals surface area contributed by atoms with Crippen LogP contribution < -0.4 is 15.0 Å². The summed E-state index contributed by atoms with van der Waals surface area (Å²) < 4.78 is 5.28. The Kier molecular flexibility index (Phi) is 5.36. The molecule has 0 saturated carbocycles. The van der Waals surface area contributed by atoms with E-state index in [1.165, 1.54) is 5.69 Å². The average molecular weight is 390 g/mol. The van der Waals surface area contributed by atoms with E-state index < -0.39 is 0 Å². The predicted molar refractivity (Wildman–Crippen MR) is 117 cm³/mol. The first kappa shape index (κ1) is 19.2. The van der Waals surface area contributed by atoms with Crippen molar-refractivity contribution in [2.45, 2.75) is 6.92 Å². The summed E-state index contributed by atoms with van der Waals surface area (Å²) in [6, 6.07) is 15.6. The molecule has 1 N–H and O–H groups in total. The van der Waals surface area contributed by atoms with E-state index in [4.69, 9.17) is 4.74 Å². The fourth-order valence-electron chi connectivity index (χ4n) is 3.63. The van der Waals surface area contributed by atoms with E-state index in [1.807, 2.05) is 43.3 Å². The molecule has 0 unspecified atom stereocenters. The van der Waals surface area contributed by atoms with Gasteiger partial charge in [-0.15, -0.1) is 0 Å². The van der Waals surface area contributed by atoms with E-state index in [1.54, 1.807) is 7.11 Å². The zero-order valence-corrected chi connectivity index (χ0v) is 17.1. The first-order valence-corrected chi connectivity index (χ1v) is 9.84. The van der Waals surface area contributed by atoms with Crippen molar-refractivity contribution in [3.63, 3.8) is 0 Å². The minimum absolute atomic E-state index is 0.160. The largest absolute Gasteiger partial charge is 0.497 e. The van der Waals surface area contributed by atoms with E-state index in [0.717, 1.165) is 48.5 Å². The number of likely N-dealkylation sites (N-methyl/N-ethyl adjacent to an activating group) is 1. The van der Waals surface area contributed by atoms with Crippen LogP contribution >= 0.6 is 0 Å². The molecule has 1 aromatic heterocycles. The van der Waals surface area contributed by atoms with Crippen molar-refractivity contribution < 1.29 is 9.53 Å². The van der Waals surface area contributed by atoms with Crippen molar-refractivity contribution >= 4 is 28.2 Å². The third-order valence-electron chi connectivity index (χ3n) is 5.45. The number of nitrogens with one attached hydrogen (secondary N) is 1. The number of fused-ring (bicyclic) bond motifs is 1. The lowest BCUT2D eigenvalue weighted by atomic mass is 10.1. The van der Waals surface area contributed by atoms with Crippen LogP contribution in [0.2, 0.25) is 0 Å². The second-order valence-electron chi connectivity index (χ2n) is 7.47. The van der Waals surface area contributed by atoms with Crippen LogP contribution in [0, 0.1) is 6.92 Å². The molecule has 1 aliphatic heterocycles. The summed E-state index contributed by atoms with van der Waals surface area (Å²) in [5.41, 5.74) is 4.07. The maximum absolute atomic E-state index is 12.9. The van der Waals surface area contributed by atoms with Gasteiger partial charge in [-0.05, 0) is 62.5 Å². The summed E-state index contributed by atoms with van der Waals surface area (Å²) in [4.78, 5) is 22.1. The van der Waals surface area contributed by atoms with Gasteiger partial charge in [-0.2, -0.15) is 0 Å². The van der Waals surface area contributed by atoms with Crippen LogP contribution in [-0.4, -0.2) is 56.1 Å². The van der Waals surface area contributed by atoms with Crippen LogP contribution in [0.15, 0.2) is 48.5 Å². The van der Waals surface area contributed by atoms with Crippen LogP contribution in [-0.2, 0) is 0 Å². The van der Waals surface area contributed by atoms with Gasteiger partial charge in [0.05, 0.1) is 23.9 Å². The molecule has 1 amide bonds. The number of hydrogen-bond donors (Lipinski definition) is 1. The highest BCUT2D eigenvalue weighted by molar-refractivity contribution is 6.06. The Balaban J connectivity index is 1.51. The van der Waals surface area contributed by atoms with Gasteiger partial charge in [0.1, 0.15) is 5.75 Å². The summed E-state index contributed by atoms with van der Waals surface area (Å²) in [6.07, 6.45) is 0. The molecule has 6 nitrogen and oxygen atoms in total. The molecule has 2 aromatic carbocycles. The molecule has 0 spiro atoms. The van der Waals surface area contributed by atoms with Gasteiger partial charge in [0.15, 0.2) is 0 Å². The second kappa shape index (κ2) is 8.09. The Morgan fingerprint density at radius 3 is 2.45 bits per heavy atom. The summed E-state index contributed by atoms with van der Waals surface area (Å²) in [6.45, 7) is 6.03. The number of anilines is 2. The summed E-state index contributed by atoms with van der Waals surface area (Å²) in [5, 5.41) is 3.87. The molecule has 3 aromatic rings. The van der Waals surface area contributed by atoms with Gasteiger partial charge in [-0.25, -0.2) is 0 Å². The fraction of sp³-hybridized carbons (Fsp3) is 0.304. The van der Waals surface area contributed by atoms with Gasteiger partial charge in [-0.1, -0.05) is 0 Å². The molecule has 4 rings (SSSR count). The first-order valence-electron chi connectivity index (χ1n) is 9.84. The molecule has 0 atom stereocenters. The maximum atomic E-state index is 12.9. The van der Waals surface area contributed by atoms with E-state index in [0.29, 0.717) is 11.3 Å². The Morgan fingerprint density at radius 1 is 1.03 bits per heavy atom. The molecule has 0 bridgehead atoms. The number of nitrogens with zero attached hydrogens (tertiary/aromatic N) is 3. The summed E-state index contributed by atoms with van der Waals surface area (Å²) in [5.74, 6) is 0.584. The quantitative estimate of drug-likeness (QED) is 0.738. The number of hydrogen-bond acceptors (Lipinski definition) is 5. The third-order valence-corrected chi connectivity index (χ3v) is 5.45. The zero-order chi connectivity index (χ0) is 20.4. The van der Waals surface area contributed by atoms with Crippen molar-refractivity contribution in [1.29, 1.82) is 0 Å². The number of pyridine rings is 1. The van der Waals surface area contributed by atoms with E-state index in [2.05, 4.69) is 39.3 Å². The number of benzene rings is 2. The molecule has 1 saturated heterocycles. The number of carbonyl (C=O) groups is 1. The van der Waals surface area contributed by atoms with E-state index in [9.17, 15) is 4.79 Å². The van der Waals surface area contributed by atoms with Crippen LogP contribution in [0.3, 0.4) is 0 Å². The van der Waals surface area contributed by atoms with E-state index >= 15 is 0 Å². The van der Waals surface area contributed by atoms with Crippen molar-refractivity contribution in [1.82, 2.24) is 9.88 Å². The Morgan fingerprint density at radius 2 is 1.76 bits per heavy atom. The molecule has 2 heterocycles. The van der Waals surface area contributed by atoms with Crippen LogP contribution in [0.5, 0.6) is 5.75 Å². The predicted octanol–water partition coefficient (Wildman–Crippen LogP) is 3.56. The molecule has 150 valence electrons. The van der Waals surface area contributed by atoms with Gasteiger partial charge in [0.25, 0.3) is 5.91 Å². The lowest BCUT2D eigenvalue weighted by Crippen LogP contribution is -2.44. The second-order valence-corrected chi connectivity index (χ2v) is 7.47. The number of rotatable bonds is 4.